The zero-order valence-electron chi connectivity index (χ0n) is 11.9. The van der Waals surface area contributed by atoms with Crippen LogP contribution in [0, 0.1) is 0 Å². The number of H-pyrrole nitrogens is 1. The first-order valence-corrected chi connectivity index (χ1v) is 6.69. The number of nitrogens with one attached hydrogen (secondary N) is 2. The smallest absolute Gasteiger partial charge is 0.328 e. The average Bonchev–Trinajstić information content (AvgIpc) is 2.98. The quantitative estimate of drug-likeness (QED) is 0.821. The third kappa shape index (κ3) is 3.47. The molecule has 2 N–H and O–H groups in total. The van der Waals surface area contributed by atoms with Crippen molar-refractivity contribution in [2.75, 3.05) is 6.61 Å². The highest BCUT2D eigenvalue weighted by atomic mass is 16.5. The third-order valence-electron chi connectivity index (χ3n) is 2.93. The van der Waals surface area contributed by atoms with Crippen LogP contribution in [-0.4, -0.2) is 34.7 Å². The van der Waals surface area contributed by atoms with E-state index in [0.717, 1.165) is 5.56 Å². The molecule has 1 aromatic carbocycles. The van der Waals surface area contributed by atoms with E-state index in [1.165, 1.54) is 6.20 Å². The minimum atomic E-state index is -0.712. The molecular formula is C15H17N3O3. The van der Waals surface area contributed by atoms with Gasteiger partial charge in [-0.1, -0.05) is 30.3 Å². The fraction of sp³-hybridized carbons (Fsp3) is 0.267. The first kappa shape index (κ1) is 14.8. The number of hydrogen-bond donors (Lipinski definition) is 2. The zero-order chi connectivity index (χ0) is 15.2. The number of nitrogens with zero attached hydrogens (tertiary/aromatic N) is 1. The molecule has 110 valence electrons. The lowest BCUT2D eigenvalue weighted by atomic mass is 10.1. The summed E-state index contributed by atoms with van der Waals surface area (Å²) in [6, 6.07) is 8.68. The van der Waals surface area contributed by atoms with Crippen molar-refractivity contribution in [2.45, 2.75) is 19.9 Å². The molecule has 0 aliphatic rings. The van der Waals surface area contributed by atoms with E-state index in [2.05, 4.69) is 15.5 Å². The summed E-state index contributed by atoms with van der Waals surface area (Å²) in [4.78, 5) is 23.8. The van der Waals surface area contributed by atoms with Gasteiger partial charge in [0, 0.05) is 5.56 Å². The number of carbonyl (C=O) groups excluding carboxylic acids is 2. The molecule has 0 saturated carbocycles. The Labute approximate surface area is 122 Å². The topological polar surface area (TPSA) is 84.1 Å². The molecule has 0 spiro atoms. The van der Waals surface area contributed by atoms with E-state index in [1.807, 2.05) is 30.3 Å². The van der Waals surface area contributed by atoms with Crippen molar-refractivity contribution in [3.8, 4) is 11.3 Å². The van der Waals surface area contributed by atoms with Gasteiger partial charge in [0.1, 0.15) is 6.04 Å². The van der Waals surface area contributed by atoms with Crippen molar-refractivity contribution in [3.63, 3.8) is 0 Å². The van der Waals surface area contributed by atoms with Crippen molar-refractivity contribution >= 4 is 11.9 Å². The largest absolute Gasteiger partial charge is 0.464 e. The zero-order valence-corrected chi connectivity index (χ0v) is 11.9. The predicted molar refractivity (Wildman–Crippen MR) is 77.6 cm³/mol. The van der Waals surface area contributed by atoms with Gasteiger partial charge in [-0.3, -0.25) is 9.89 Å². The molecule has 1 heterocycles. The van der Waals surface area contributed by atoms with Crippen molar-refractivity contribution in [2.24, 2.45) is 0 Å². The maximum absolute atomic E-state index is 12.2. The molecule has 0 aliphatic carbocycles. The van der Waals surface area contributed by atoms with Gasteiger partial charge in [0.25, 0.3) is 5.91 Å². The number of amides is 1. The van der Waals surface area contributed by atoms with Crippen LogP contribution in [-0.2, 0) is 9.53 Å². The molecule has 2 aromatic rings. The molecule has 0 aliphatic heterocycles. The lowest BCUT2D eigenvalue weighted by molar-refractivity contribution is -0.144. The normalized spacial score (nSPS) is 11.7. The van der Waals surface area contributed by atoms with Crippen molar-refractivity contribution in [3.05, 3.63) is 42.1 Å². The first-order valence-electron chi connectivity index (χ1n) is 6.69. The molecule has 0 fully saturated rings. The van der Waals surface area contributed by atoms with Crippen LogP contribution in [0.1, 0.15) is 24.2 Å². The van der Waals surface area contributed by atoms with Crippen LogP contribution in [0.25, 0.3) is 11.3 Å². The Kier molecular flexibility index (Phi) is 4.71. The molecule has 0 radical (unpaired) electrons. The Morgan fingerprint density at radius 1 is 1.33 bits per heavy atom. The molecule has 6 heteroatoms. The highest BCUT2D eigenvalue weighted by molar-refractivity contribution is 6.01. The van der Waals surface area contributed by atoms with Crippen molar-refractivity contribution in [1.82, 2.24) is 15.5 Å². The number of carbonyl (C=O) groups is 2. The van der Waals surface area contributed by atoms with Crippen molar-refractivity contribution < 1.29 is 14.3 Å². The van der Waals surface area contributed by atoms with E-state index in [1.54, 1.807) is 13.8 Å². The van der Waals surface area contributed by atoms with Gasteiger partial charge in [-0.05, 0) is 13.8 Å². The monoisotopic (exact) mass is 287 g/mol. The summed E-state index contributed by atoms with van der Waals surface area (Å²) in [7, 11) is 0. The maximum Gasteiger partial charge on any atom is 0.328 e. The predicted octanol–water partition coefficient (Wildman–Crippen LogP) is 1.76. The van der Waals surface area contributed by atoms with E-state index < -0.39 is 12.0 Å². The number of aromatic nitrogens is 2. The second-order valence-electron chi connectivity index (χ2n) is 4.47. The molecule has 1 amide bonds. The summed E-state index contributed by atoms with van der Waals surface area (Å²) in [5.74, 6) is -0.834. The van der Waals surface area contributed by atoms with Crippen LogP contribution in [0.5, 0.6) is 0 Å². The molecule has 0 bridgehead atoms. The van der Waals surface area contributed by atoms with Gasteiger partial charge in [-0.15, -0.1) is 0 Å². The molecule has 6 nitrogen and oxygen atoms in total. The van der Waals surface area contributed by atoms with Gasteiger partial charge in [0.2, 0.25) is 0 Å². The van der Waals surface area contributed by atoms with Gasteiger partial charge >= 0.3 is 5.97 Å². The van der Waals surface area contributed by atoms with Crippen LogP contribution in [0.4, 0.5) is 0 Å². The summed E-state index contributed by atoms with van der Waals surface area (Å²) in [6.07, 6.45) is 1.44. The SMILES string of the molecule is CCOC(=O)C(C)NC(=O)c1cn[nH]c1-c1ccccc1. The van der Waals surface area contributed by atoms with Gasteiger partial charge in [0.15, 0.2) is 0 Å². The number of esters is 1. The lowest BCUT2D eigenvalue weighted by Gasteiger charge is -2.12. The Morgan fingerprint density at radius 2 is 2.05 bits per heavy atom. The van der Waals surface area contributed by atoms with Crippen molar-refractivity contribution in [1.29, 1.82) is 0 Å². The van der Waals surface area contributed by atoms with Gasteiger partial charge in [-0.25, -0.2) is 4.79 Å². The molecule has 21 heavy (non-hydrogen) atoms. The molecule has 1 atom stereocenters. The highest BCUT2D eigenvalue weighted by Gasteiger charge is 2.21. The summed E-state index contributed by atoms with van der Waals surface area (Å²) in [5, 5.41) is 9.31. The number of hydrogen-bond acceptors (Lipinski definition) is 4. The Bertz CT molecular complexity index is 622. The number of benzene rings is 1. The molecule has 1 unspecified atom stereocenters. The maximum atomic E-state index is 12.2. The number of ether oxygens (including phenoxy) is 1. The Hall–Kier alpha value is -2.63. The van der Waals surface area contributed by atoms with E-state index in [-0.39, 0.29) is 12.5 Å². The summed E-state index contributed by atoms with van der Waals surface area (Å²) >= 11 is 0. The van der Waals surface area contributed by atoms with Crippen LogP contribution in [0.2, 0.25) is 0 Å². The minimum absolute atomic E-state index is 0.278. The van der Waals surface area contributed by atoms with E-state index in [0.29, 0.717) is 11.3 Å². The second-order valence-corrected chi connectivity index (χ2v) is 4.47. The molecule has 2 rings (SSSR count). The van der Waals surface area contributed by atoms with E-state index >= 15 is 0 Å². The van der Waals surface area contributed by atoms with Crippen LogP contribution in [0.15, 0.2) is 36.5 Å². The third-order valence-corrected chi connectivity index (χ3v) is 2.93. The number of rotatable bonds is 5. The van der Waals surface area contributed by atoms with Gasteiger partial charge < -0.3 is 10.1 Å². The van der Waals surface area contributed by atoms with Gasteiger partial charge in [-0.2, -0.15) is 5.10 Å². The highest BCUT2D eigenvalue weighted by Crippen LogP contribution is 2.20. The standard InChI is InChI=1S/C15H17N3O3/c1-3-21-15(20)10(2)17-14(19)12-9-16-18-13(12)11-7-5-4-6-8-11/h4-10H,3H2,1-2H3,(H,16,18)(H,17,19). The minimum Gasteiger partial charge on any atom is -0.464 e. The Morgan fingerprint density at radius 3 is 2.71 bits per heavy atom. The van der Waals surface area contributed by atoms with Gasteiger partial charge in [0.05, 0.1) is 24.1 Å². The van der Waals surface area contributed by atoms with Crippen LogP contribution in [0.3, 0.4) is 0 Å². The summed E-state index contributed by atoms with van der Waals surface area (Å²) in [6.45, 7) is 3.58. The fourth-order valence-electron chi connectivity index (χ4n) is 1.88. The summed E-state index contributed by atoms with van der Waals surface area (Å²) < 4.78 is 4.86. The first-order chi connectivity index (χ1) is 10.1. The Balaban J connectivity index is 2.14. The van der Waals surface area contributed by atoms with E-state index in [4.69, 9.17) is 4.74 Å². The number of aromatic amines is 1. The van der Waals surface area contributed by atoms with Crippen LogP contribution < -0.4 is 5.32 Å². The average molecular weight is 287 g/mol. The van der Waals surface area contributed by atoms with Crippen LogP contribution >= 0.6 is 0 Å². The molecule has 0 saturated heterocycles. The second kappa shape index (κ2) is 6.69. The lowest BCUT2D eigenvalue weighted by Crippen LogP contribution is -2.39. The molecular weight excluding hydrogens is 270 g/mol. The molecule has 1 aromatic heterocycles. The fourth-order valence-corrected chi connectivity index (χ4v) is 1.88. The van der Waals surface area contributed by atoms with E-state index in [9.17, 15) is 9.59 Å². The summed E-state index contributed by atoms with van der Waals surface area (Å²) in [5.41, 5.74) is 1.85.